The standard InChI is InChI=1S/C11H16ClN3O3/c1-7(12)6-8(2)13-11(16)9-4-5-10(14(9)3)15(17)18/h4-5,7-8H,6H2,1-3H3,(H,13,16). The number of carbonyl (C=O) groups excluding carboxylic acids is 1. The fraction of sp³-hybridized carbons (Fsp3) is 0.545. The molecule has 6 nitrogen and oxygen atoms in total. The number of nitro groups is 1. The molecule has 0 bridgehead atoms. The minimum atomic E-state index is -0.527. The molecule has 1 amide bonds. The van der Waals surface area contributed by atoms with Crippen LogP contribution in [-0.2, 0) is 7.05 Å². The Bertz CT molecular complexity index is 456. The zero-order valence-corrected chi connectivity index (χ0v) is 11.3. The van der Waals surface area contributed by atoms with Gasteiger partial charge in [0.2, 0.25) is 0 Å². The molecule has 0 saturated heterocycles. The highest BCUT2D eigenvalue weighted by Crippen LogP contribution is 2.15. The monoisotopic (exact) mass is 273 g/mol. The van der Waals surface area contributed by atoms with Crippen molar-refractivity contribution >= 4 is 23.3 Å². The maximum atomic E-state index is 11.9. The van der Waals surface area contributed by atoms with Crippen LogP contribution in [0.1, 0.15) is 30.8 Å². The van der Waals surface area contributed by atoms with Gasteiger partial charge < -0.3 is 15.4 Å². The van der Waals surface area contributed by atoms with E-state index in [0.29, 0.717) is 6.42 Å². The molecule has 0 aliphatic heterocycles. The van der Waals surface area contributed by atoms with Crippen LogP contribution < -0.4 is 5.32 Å². The first-order valence-corrected chi connectivity index (χ1v) is 6.01. The highest BCUT2D eigenvalue weighted by atomic mass is 35.5. The Morgan fingerprint density at radius 3 is 2.61 bits per heavy atom. The zero-order chi connectivity index (χ0) is 13.9. The summed E-state index contributed by atoms with van der Waals surface area (Å²) in [5, 5.41) is 13.4. The maximum Gasteiger partial charge on any atom is 0.323 e. The third-order valence-electron chi connectivity index (χ3n) is 2.57. The lowest BCUT2D eigenvalue weighted by molar-refractivity contribution is -0.391. The molecule has 0 fully saturated rings. The van der Waals surface area contributed by atoms with Crippen LogP contribution in [0.15, 0.2) is 12.1 Å². The highest BCUT2D eigenvalue weighted by Gasteiger charge is 2.21. The molecule has 2 unspecified atom stereocenters. The summed E-state index contributed by atoms with van der Waals surface area (Å²) < 4.78 is 1.26. The van der Waals surface area contributed by atoms with Crippen LogP contribution in [0, 0.1) is 10.1 Å². The molecule has 0 aromatic carbocycles. The number of hydrogen-bond acceptors (Lipinski definition) is 3. The van der Waals surface area contributed by atoms with E-state index in [0.717, 1.165) is 0 Å². The molecule has 0 saturated carbocycles. The van der Waals surface area contributed by atoms with Crippen molar-refractivity contribution < 1.29 is 9.72 Å². The normalized spacial score (nSPS) is 14.0. The number of halogens is 1. The summed E-state index contributed by atoms with van der Waals surface area (Å²) >= 11 is 5.83. The Balaban J connectivity index is 2.76. The van der Waals surface area contributed by atoms with Crippen molar-refractivity contribution in [3.05, 3.63) is 27.9 Å². The van der Waals surface area contributed by atoms with Crippen molar-refractivity contribution in [2.24, 2.45) is 7.05 Å². The van der Waals surface area contributed by atoms with Crippen LogP contribution in [0.4, 0.5) is 5.82 Å². The summed E-state index contributed by atoms with van der Waals surface area (Å²) in [7, 11) is 1.49. The molecule has 1 heterocycles. The molecule has 0 aliphatic rings. The molecule has 100 valence electrons. The van der Waals surface area contributed by atoms with Gasteiger partial charge in [0.1, 0.15) is 0 Å². The van der Waals surface area contributed by atoms with E-state index in [-0.39, 0.29) is 28.8 Å². The largest absolute Gasteiger partial charge is 0.358 e. The summed E-state index contributed by atoms with van der Waals surface area (Å²) in [6.07, 6.45) is 0.639. The lowest BCUT2D eigenvalue weighted by Crippen LogP contribution is -2.35. The molecule has 7 heteroatoms. The minimum Gasteiger partial charge on any atom is -0.358 e. The third kappa shape index (κ3) is 3.46. The predicted molar refractivity (Wildman–Crippen MR) is 68.9 cm³/mol. The molecule has 1 aromatic rings. The first kappa shape index (κ1) is 14.5. The second-order valence-electron chi connectivity index (χ2n) is 4.28. The highest BCUT2D eigenvalue weighted by molar-refractivity contribution is 6.20. The van der Waals surface area contributed by atoms with E-state index < -0.39 is 4.92 Å². The predicted octanol–water partition coefficient (Wildman–Crippen LogP) is 2.07. The number of aromatic nitrogens is 1. The molecule has 0 spiro atoms. The fourth-order valence-corrected chi connectivity index (χ4v) is 2.02. The lowest BCUT2D eigenvalue weighted by atomic mass is 10.2. The summed E-state index contributed by atoms with van der Waals surface area (Å²) in [5.41, 5.74) is 0.260. The Kier molecular flexibility index (Phi) is 4.72. The van der Waals surface area contributed by atoms with Crippen LogP contribution >= 0.6 is 11.6 Å². The van der Waals surface area contributed by atoms with Gasteiger partial charge in [0.05, 0.1) is 7.05 Å². The van der Waals surface area contributed by atoms with Crippen molar-refractivity contribution in [2.75, 3.05) is 0 Å². The molecule has 2 atom stereocenters. The molecular formula is C11H16ClN3O3. The number of amides is 1. The Morgan fingerprint density at radius 2 is 2.17 bits per heavy atom. The molecule has 1 rings (SSSR count). The first-order valence-electron chi connectivity index (χ1n) is 5.58. The zero-order valence-electron chi connectivity index (χ0n) is 10.5. The quantitative estimate of drug-likeness (QED) is 0.507. The maximum absolute atomic E-state index is 11.9. The fourth-order valence-electron chi connectivity index (χ4n) is 1.76. The average molecular weight is 274 g/mol. The first-order chi connectivity index (χ1) is 8.32. The van der Waals surface area contributed by atoms with E-state index in [1.54, 1.807) is 0 Å². The Labute approximate surface area is 110 Å². The van der Waals surface area contributed by atoms with Gasteiger partial charge in [-0.25, -0.2) is 4.57 Å². The molecular weight excluding hydrogens is 258 g/mol. The number of nitrogens with zero attached hydrogens (tertiary/aromatic N) is 2. The van der Waals surface area contributed by atoms with Gasteiger partial charge in [-0.15, -0.1) is 11.6 Å². The Morgan fingerprint density at radius 1 is 1.56 bits per heavy atom. The number of alkyl halides is 1. The van der Waals surface area contributed by atoms with Crippen LogP contribution in [0.2, 0.25) is 0 Å². The van der Waals surface area contributed by atoms with E-state index in [9.17, 15) is 14.9 Å². The lowest BCUT2D eigenvalue weighted by Gasteiger charge is -2.14. The second-order valence-corrected chi connectivity index (χ2v) is 5.03. The minimum absolute atomic E-state index is 0.0388. The van der Waals surface area contributed by atoms with Gasteiger partial charge in [0.15, 0.2) is 5.69 Å². The van der Waals surface area contributed by atoms with Gasteiger partial charge in [0, 0.05) is 17.5 Å². The van der Waals surface area contributed by atoms with Gasteiger partial charge in [0.25, 0.3) is 5.91 Å². The van der Waals surface area contributed by atoms with Gasteiger partial charge in [-0.2, -0.15) is 0 Å². The van der Waals surface area contributed by atoms with Crippen LogP contribution in [0.3, 0.4) is 0 Å². The van der Waals surface area contributed by atoms with E-state index in [2.05, 4.69) is 5.32 Å². The van der Waals surface area contributed by atoms with Crippen molar-refractivity contribution in [3.8, 4) is 0 Å². The van der Waals surface area contributed by atoms with E-state index in [1.165, 1.54) is 23.7 Å². The molecule has 18 heavy (non-hydrogen) atoms. The van der Waals surface area contributed by atoms with Crippen molar-refractivity contribution in [3.63, 3.8) is 0 Å². The van der Waals surface area contributed by atoms with Crippen LogP contribution in [0.5, 0.6) is 0 Å². The summed E-state index contributed by atoms with van der Waals surface area (Å²) in [5.74, 6) is -0.450. The van der Waals surface area contributed by atoms with E-state index in [1.807, 2.05) is 13.8 Å². The van der Waals surface area contributed by atoms with Gasteiger partial charge in [-0.1, -0.05) is 0 Å². The van der Waals surface area contributed by atoms with Crippen molar-refractivity contribution in [2.45, 2.75) is 31.7 Å². The topological polar surface area (TPSA) is 77.2 Å². The smallest absolute Gasteiger partial charge is 0.323 e. The number of carbonyl (C=O) groups is 1. The summed E-state index contributed by atoms with van der Waals surface area (Å²) in [6.45, 7) is 3.69. The van der Waals surface area contributed by atoms with Crippen molar-refractivity contribution in [1.29, 1.82) is 0 Å². The molecule has 0 radical (unpaired) electrons. The van der Waals surface area contributed by atoms with Gasteiger partial charge in [-0.3, -0.25) is 4.79 Å². The van der Waals surface area contributed by atoms with E-state index in [4.69, 9.17) is 11.6 Å². The van der Waals surface area contributed by atoms with Crippen molar-refractivity contribution in [1.82, 2.24) is 9.88 Å². The van der Waals surface area contributed by atoms with Gasteiger partial charge in [-0.05, 0) is 31.3 Å². The Hall–Kier alpha value is -1.56. The summed E-state index contributed by atoms with van der Waals surface area (Å²) in [4.78, 5) is 22.0. The number of rotatable bonds is 5. The van der Waals surface area contributed by atoms with E-state index >= 15 is 0 Å². The van der Waals surface area contributed by atoms with Crippen LogP contribution in [0.25, 0.3) is 0 Å². The van der Waals surface area contributed by atoms with Crippen LogP contribution in [-0.4, -0.2) is 26.8 Å². The summed E-state index contributed by atoms with van der Waals surface area (Å²) in [6, 6.07) is 2.66. The van der Waals surface area contributed by atoms with Gasteiger partial charge >= 0.3 is 5.82 Å². The average Bonchev–Trinajstić information content (AvgIpc) is 2.58. The second kappa shape index (κ2) is 5.86. The molecule has 0 aliphatic carbocycles. The molecule has 1 N–H and O–H groups in total. The molecule has 1 aromatic heterocycles. The number of hydrogen-bond donors (Lipinski definition) is 1. The third-order valence-corrected chi connectivity index (χ3v) is 2.75. The number of nitrogens with one attached hydrogen (secondary N) is 1. The SMILES string of the molecule is CC(Cl)CC(C)NC(=O)c1ccc([N+](=O)[O-])n1C.